The van der Waals surface area contributed by atoms with E-state index in [2.05, 4.69) is 18.4 Å². The monoisotopic (exact) mass is 873 g/mol. The van der Waals surface area contributed by atoms with Gasteiger partial charge in [-0.2, -0.15) is 0 Å². The van der Waals surface area contributed by atoms with Crippen LogP contribution >= 0.6 is 7.82 Å². The van der Waals surface area contributed by atoms with Crippen molar-refractivity contribution in [3.8, 4) is 0 Å². The summed E-state index contributed by atoms with van der Waals surface area (Å²) in [7, 11) is -4.65. The molecule has 2 N–H and O–H groups in total. The van der Waals surface area contributed by atoms with Crippen LogP contribution in [0.15, 0.2) is 0 Å². The maximum Gasteiger partial charge on any atom is 0.469 e. The van der Waals surface area contributed by atoms with Crippen LogP contribution in [0.3, 0.4) is 0 Å². The maximum atomic E-state index is 12.5. The van der Waals surface area contributed by atoms with Crippen LogP contribution in [-0.2, 0) is 23.4 Å². The van der Waals surface area contributed by atoms with Gasteiger partial charge >= 0.3 is 13.8 Å². The molecular formula is C52H105O7P. The summed E-state index contributed by atoms with van der Waals surface area (Å²) in [5, 5.41) is 0. The Morgan fingerprint density at radius 2 is 0.633 bits per heavy atom. The highest BCUT2D eigenvalue weighted by Crippen LogP contribution is 2.36. The average Bonchev–Trinajstić information content (AvgIpc) is 3.23. The van der Waals surface area contributed by atoms with Crippen LogP contribution in [0.25, 0.3) is 0 Å². The lowest BCUT2D eigenvalue weighted by Crippen LogP contribution is -2.28. The molecule has 0 unspecified atom stereocenters. The van der Waals surface area contributed by atoms with Crippen LogP contribution in [0.1, 0.15) is 303 Å². The van der Waals surface area contributed by atoms with E-state index in [9.17, 15) is 9.36 Å². The molecule has 0 radical (unpaired) electrons. The molecule has 0 heterocycles. The zero-order valence-electron chi connectivity index (χ0n) is 40.4. The number of carbonyl (C=O) groups is 1. The van der Waals surface area contributed by atoms with Gasteiger partial charge in [-0.25, -0.2) is 4.57 Å². The molecule has 60 heavy (non-hydrogen) atoms. The molecule has 7 nitrogen and oxygen atoms in total. The van der Waals surface area contributed by atoms with E-state index in [1.54, 1.807) is 0 Å². The van der Waals surface area contributed by atoms with Crippen LogP contribution in [-0.4, -0.2) is 41.7 Å². The number of ether oxygens (including phenoxy) is 2. The number of unbranched alkanes of at least 4 members (excludes halogenated alkanes) is 42. The lowest BCUT2D eigenvalue weighted by molar-refractivity contribution is -0.154. The molecule has 0 aromatic rings. The molecule has 0 aliphatic carbocycles. The second-order valence-electron chi connectivity index (χ2n) is 18.6. The Kier molecular flexibility index (Phi) is 49.2. The highest BCUT2D eigenvalue weighted by atomic mass is 31.2. The standard InChI is InChI=1S/C52H105O7P/c1-3-5-7-9-11-13-15-17-19-21-22-23-24-25-26-27-28-29-30-31-32-33-35-37-39-41-43-45-47-52(53)59-51(50-58-60(54,55)56)49-57-48-46-44-42-40-38-36-34-20-18-16-14-12-10-8-6-4-2/h51H,3-50H2,1-2H3,(H2,54,55,56)/t51-/m1/s1. The molecule has 0 bridgehead atoms. The summed E-state index contributed by atoms with van der Waals surface area (Å²) in [6.07, 6.45) is 58.5. The van der Waals surface area contributed by atoms with Crippen molar-refractivity contribution < 1.29 is 33.1 Å². The number of rotatable bonds is 52. The van der Waals surface area contributed by atoms with Gasteiger partial charge in [-0.1, -0.05) is 284 Å². The quantitative estimate of drug-likeness (QED) is 0.0356. The number of hydrogen-bond acceptors (Lipinski definition) is 5. The van der Waals surface area contributed by atoms with Crippen molar-refractivity contribution in [3.05, 3.63) is 0 Å². The van der Waals surface area contributed by atoms with Crippen molar-refractivity contribution in [2.24, 2.45) is 0 Å². The van der Waals surface area contributed by atoms with Crippen LogP contribution in [0.2, 0.25) is 0 Å². The second-order valence-corrected chi connectivity index (χ2v) is 19.8. The Morgan fingerprint density at radius 3 is 0.900 bits per heavy atom. The van der Waals surface area contributed by atoms with Crippen LogP contribution in [0.5, 0.6) is 0 Å². The summed E-state index contributed by atoms with van der Waals surface area (Å²) in [5.41, 5.74) is 0. The van der Waals surface area contributed by atoms with E-state index in [-0.39, 0.29) is 19.2 Å². The molecule has 8 heteroatoms. The second kappa shape index (κ2) is 49.6. The fraction of sp³-hybridized carbons (Fsp3) is 0.981. The van der Waals surface area contributed by atoms with E-state index < -0.39 is 13.9 Å². The van der Waals surface area contributed by atoms with Gasteiger partial charge in [0.25, 0.3) is 0 Å². The molecule has 0 aromatic carbocycles. The summed E-state index contributed by atoms with van der Waals surface area (Å²) in [6, 6.07) is 0. The Labute approximate surface area is 374 Å². The SMILES string of the molecule is CCCCCCCCCCCCCCCCCCCCCCCCCCCCCCC(=O)O[C@H](COCCCCCCCCCCCCCCCCCC)COP(=O)(O)O. The van der Waals surface area contributed by atoms with Crippen molar-refractivity contribution in [2.45, 2.75) is 309 Å². The summed E-state index contributed by atoms with van der Waals surface area (Å²) >= 11 is 0. The first-order chi connectivity index (χ1) is 29.4. The number of carbonyl (C=O) groups excluding carboxylic acids is 1. The van der Waals surface area contributed by atoms with Gasteiger partial charge in [-0.05, 0) is 12.8 Å². The first-order valence-electron chi connectivity index (χ1n) is 26.9. The van der Waals surface area contributed by atoms with Crippen LogP contribution in [0, 0.1) is 0 Å². The van der Waals surface area contributed by atoms with Crippen LogP contribution in [0.4, 0.5) is 0 Å². The van der Waals surface area contributed by atoms with Crippen LogP contribution < -0.4 is 0 Å². The van der Waals surface area contributed by atoms with Gasteiger partial charge < -0.3 is 19.3 Å². The number of phosphoric ester groups is 1. The molecule has 0 aliphatic heterocycles. The van der Waals surface area contributed by atoms with Gasteiger partial charge in [0.15, 0.2) is 0 Å². The number of phosphoric acid groups is 1. The van der Waals surface area contributed by atoms with Gasteiger partial charge in [0, 0.05) is 13.0 Å². The largest absolute Gasteiger partial charge is 0.469 e. The molecule has 0 aromatic heterocycles. The van der Waals surface area contributed by atoms with E-state index in [0.29, 0.717) is 13.0 Å². The minimum Gasteiger partial charge on any atom is -0.457 e. The summed E-state index contributed by atoms with van der Waals surface area (Å²) in [4.78, 5) is 30.8. The maximum absolute atomic E-state index is 12.5. The minimum absolute atomic E-state index is 0.0873. The van der Waals surface area contributed by atoms with Crippen molar-refractivity contribution in [1.82, 2.24) is 0 Å². The molecule has 0 spiro atoms. The number of hydrogen-bond donors (Lipinski definition) is 2. The predicted molar refractivity (Wildman–Crippen MR) is 258 cm³/mol. The normalized spacial score (nSPS) is 12.4. The van der Waals surface area contributed by atoms with Gasteiger partial charge in [-0.3, -0.25) is 9.32 Å². The summed E-state index contributed by atoms with van der Waals surface area (Å²) < 4.78 is 27.2. The fourth-order valence-corrected chi connectivity index (χ4v) is 8.81. The molecule has 0 aliphatic rings. The highest BCUT2D eigenvalue weighted by molar-refractivity contribution is 7.46. The minimum atomic E-state index is -4.65. The lowest BCUT2D eigenvalue weighted by Gasteiger charge is -2.18. The fourth-order valence-electron chi connectivity index (χ4n) is 8.45. The molecule has 360 valence electrons. The lowest BCUT2D eigenvalue weighted by atomic mass is 10.0. The highest BCUT2D eigenvalue weighted by Gasteiger charge is 2.21. The zero-order valence-corrected chi connectivity index (χ0v) is 41.3. The Morgan fingerprint density at radius 1 is 0.383 bits per heavy atom. The number of esters is 1. The van der Waals surface area contributed by atoms with Crippen molar-refractivity contribution in [3.63, 3.8) is 0 Å². The van der Waals surface area contributed by atoms with E-state index in [4.69, 9.17) is 19.3 Å². The predicted octanol–water partition coefficient (Wildman–Crippen LogP) is 17.6. The Balaban J connectivity index is 3.59. The smallest absolute Gasteiger partial charge is 0.457 e. The third-order valence-electron chi connectivity index (χ3n) is 12.4. The van der Waals surface area contributed by atoms with E-state index in [1.165, 1.54) is 250 Å². The summed E-state index contributed by atoms with van der Waals surface area (Å²) in [5.74, 6) is -0.352. The van der Waals surface area contributed by atoms with Crippen molar-refractivity contribution >= 4 is 13.8 Å². The molecule has 0 amide bonds. The average molecular weight is 873 g/mol. The zero-order chi connectivity index (χ0) is 43.7. The van der Waals surface area contributed by atoms with Gasteiger partial charge in [-0.15, -0.1) is 0 Å². The molecule has 0 fully saturated rings. The molecular weight excluding hydrogens is 768 g/mol. The van der Waals surface area contributed by atoms with E-state index in [0.717, 1.165) is 32.1 Å². The van der Waals surface area contributed by atoms with Crippen molar-refractivity contribution in [2.75, 3.05) is 19.8 Å². The van der Waals surface area contributed by atoms with Gasteiger partial charge in [0.2, 0.25) is 0 Å². The molecule has 1 atom stereocenters. The van der Waals surface area contributed by atoms with Crippen molar-refractivity contribution in [1.29, 1.82) is 0 Å². The first kappa shape index (κ1) is 59.5. The first-order valence-corrected chi connectivity index (χ1v) is 28.4. The third-order valence-corrected chi connectivity index (χ3v) is 12.9. The van der Waals surface area contributed by atoms with Gasteiger partial charge in [0.1, 0.15) is 6.10 Å². The summed E-state index contributed by atoms with van der Waals surface area (Å²) in [6.45, 7) is 4.83. The van der Waals surface area contributed by atoms with E-state index >= 15 is 0 Å². The molecule has 0 rings (SSSR count). The Hall–Kier alpha value is -0.460. The van der Waals surface area contributed by atoms with Gasteiger partial charge in [0.05, 0.1) is 13.2 Å². The molecule has 0 saturated heterocycles. The molecule has 0 saturated carbocycles. The van der Waals surface area contributed by atoms with E-state index in [1.807, 2.05) is 0 Å². The Bertz CT molecular complexity index is 880. The topological polar surface area (TPSA) is 102 Å². The third kappa shape index (κ3) is 51.9.